The molecular weight excluding hydrogens is 242 g/mol. The third-order valence-corrected chi connectivity index (χ3v) is 3.23. The molecule has 0 amide bonds. The second kappa shape index (κ2) is 5.00. The fourth-order valence-electron chi connectivity index (χ4n) is 2.06. The highest BCUT2D eigenvalue weighted by Crippen LogP contribution is 2.26. The van der Waals surface area contributed by atoms with Crippen molar-refractivity contribution >= 4 is 17.3 Å². The first-order chi connectivity index (χ1) is 8.06. The van der Waals surface area contributed by atoms with Gasteiger partial charge in [0, 0.05) is 31.7 Å². The molecular formula is C11H14ClN3O2. The van der Waals surface area contributed by atoms with Crippen LogP contribution in [0, 0.1) is 10.1 Å². The number of halogens is 1. The van der Waals surface area contributed by atoms with E-state index in [4.69, 9.17) is 17.3 Å². The quantitative estimate of drug-likeness (QED) is 0.660. The molecule has 1 aliphatic rings. The van der Waals surface area contributed by atoms with E-state index in [9.17, 15) is 10.1 Å². The van der Waals surface area contributed by atoms with Gasteiger partial charge in [0.15, 0.2) is 0 Å². The van der Waals surface area contributed by atoms with Crippen LogP contribution >= 0.6 is 11.6 Å². The number of nitrogens with two attached hydrogens (primary N) is 1. The van der Waals surface area contributed by atoms with Crippen LogP contribution in [0.5, 0.6) is 0 Å². The fraction of sp³-hybridized carbons (Fsp3) is 0.455. The van der Waals surface area contributed by atoms with Gasteiger partial charge < -0.3 is 5.73 Å². The Kier molecular flexibility index (Phi) is 3.61. The summed E-state index contributed by atoms with van der Waals surface area (Å²) in [5.74, 6) is 0. The lowest BCUT2D eigenvalue weighted by Gasteiger charge is -2.15. The van der Waals surface area contributed by atoms with Gasteiger partial charge in [-0.2, -0.15) is 0 Å². The SMILES string of the molecule is NC1CCN(Cc2ccc([N+](=O)[O-])c(Cl)c2)C1. The van der Waals surface area contributed by atoms with E-state index in [1.807, 2.05) is 0 Å². The molecule has 5 nitrogen and oxygen atoms in total. The average molecular weight is 256 g/mol. The molecule has 17 heavy (non-hydrogen) atoms. The fourth-order valence-corrected chi connectivity index (χ4v) is 2.33. The zero-order valence-electron chi connectivity index (χ0n) is 9.30. The zero-order valence-corrected chi connectivity index (χ0v) is 10.1. The summed E-state index contributed by atoms with van der Waals surface area (Å²) in [6, 6.07) is 5.09. The van der Waals surface area contributed by atoms with Crippen molar-refractivity contribution in [1.82, 2.24) is 4.90 Å². The van der Waals surface area contributed by atoms with Crippen LogP contribution in [0.3, 0.4) is 0 Å². The Labute approximate surface area is 104 Å². The number of rotatable bonds is 3. The van der Waals surface area contributed by atoms with Gasteiger partial charge in [-0.1, -0.05) is 17.7 Å². The van der Waals surface area contributed by atoms with Crippen molar-refractivity contribution in [3.05, 3.63) is 38.9 Å². The van der Waals surface area contributed by atoms with Crippen molar-refractivity contribution in [2.45, 2.75) is 19.0 Å². The van der Waals surface area contributed by atoms with Gasteiger partial charge in [-0.15, -0.1) is 0 Å². The number of likely N-dealkylation sites (tertiary alicyclic amines) is 1. The summed E-state index contributed by atoms with van der Waals surface area (Å²) in [6.45, 7) is 2.58. The lowest BCUT2D eigenvalue weighted by atomic mass is 10.2. The van der Waals surface area contributed by atoms with Crippen LogP contribution < -0.4 is 5.73 Å². The Morgan fingerprint density at radius 2 is 2.35 bits per heavy atom. The first kappa shape index (κ1) is 12.3. The second-order valence-electron chi connectivity index (χ2n) is 4.33. The highest BCUT2D eigenvalue weighted by atomic mass is 35.5. The van der Waals surface area contributed by atoms with E-state index in [0.29, 0.717) is 0 Å². The van der Waals surface area contributed by atoms with Crippen LogP contribution in [0.25, 0.3) is 0 Å². The molecule has 1 fully saturated rings. The topological polar surface area (TPSA) is 72.4 Å². The molecule has 0 saturated carbocycles. The maximum absolute atomic E-state index is 10.6. The van der Waals surface area contributed by atoms with Gasteiger partial charge >= 0.3 is 0 Å². The van der Waals surface area contributed by atoms with E-state index in [1.54, 1.807) is 12.1 Å². The molecule has 0 aromatic heterocycles. The summed E-state index contributed by atoms with van der Waals surface area (Å²) in [5, 5.41) is 10.8. The largest absolute Gasteiger partial charge is 0.326 e. The summed E-state index contributed by atoms with van der Waals surface area (Å²) in [5.41, 5.74) is 6.75. The minimum Gasteiger partial charge on any atom is -0.326 e. The monoisotopic (exact) mass is 255 g/mol. The maximum Gasteiger partial charge on any atom is 0.287 e. The minimum atomic E-state index is -0.474. The van der Waals surface area contributed by atoms with Crippen molar-refractivity contribution in [3.8, 4) is 0 Å². The van der Waals surface area contributed by atoms with Crippen LogP contribution in [0.1, 0.15) is 12.0 Å². The Bertz CT molecular complexity index is 439. The molecule has 0 bridgehead atoms. The van der Waals surface area contributed by atoms with Crippen molar-refractivity contribution in [1.29, 1.82) is 0 Å². The van der Waals surface area contributed by atoms with E-state index < -0.39 is 4.92 Å². The van der Waals surface area contributed by atoms with E-state index in [2.05, 4.69) is 4.90 Å². The normalized spacial score (nSPS) is 20.7. The van der Waals surface area contributed by atoms with Gasteiger partial charge in [-0.05, 0) is 18.1 Å². The second-order valence-corrected chi connectivity index (χ2v) is 4.73. The number of hydrogen-bond acceptors (Lipinski definition) is 4. The molecule has 1 unspecified atom stereocenters. The van der Waals surface area contributed by atoms with E-state index in [1.165, 1.54) is 6.07 Å². The Morgan fingerprint density at radius 3 is 2.88 bits per heavy atom. The lowest BCUT2D eigenvalue weighted by Crippen LogP contribution is -2.26. The number of nitro groups is 1. The molecule has 1 atom stereocenters. The van der Waals surface area contributed by atoms with Gasteiger partial charge in [-0.3, -0.25) is 15.0 Å². The predicted molar refractivity (Wildman–Crippen MR) is 66.0 cm³/mol. The standard InChI is InChI=1S/C11H14ClN3O2/c12-10-5-8(1-2-11(10)15(16)17)6-14-4-3-9(13)7-14/h1-2,5,9H,3-4,6-7,13H2. The summed E-state index contributed by atoms with van der Waals surface area (Å²) in [6.07, 6.45) is 1.00. The van der Waals surface area contributed by atoms with Crippen molar-refractivity contribution in [3.63, 3.8) is 0 Å². The van der Waals surface area contributed by atoms with Crippen LogP contribution in [0.2, 0.25) is 5.02 Å². The van der Waals surface area contributed by atoms with Crippen LogP contribution in [-0.2, 0) is 6.54 Å². The summed E-state index contributed by atoms with van der Waals surface area (Å²) in [4.78, 5) is 12.4. The van der Waals surface area contributed by atoms with E-state index >= 15 is 0 Å². The van der Waals surface area contributed by atoms with E-state index in [-0.39, 0.29) is 16.8 Å². The smallest absolute Gasteiger partial charge is 0.287 e. The van der Waals surface area contributed by atoms with Crippen LogP contribution in [-0.4, -0.2) is 29.0 Å². The van der Waals surface area contributed by atoms with Crippen LogP contribution in [0.4, 0.5) is 5.69 Å². The van der Waals surface area contributed by atoms with Crippen molar-refractivity contribution < 1.29 is 4.92 Å². The Morgan fingerprint density at radius 1 is 1.59 bits per heavy atom. The lowest BCUT2D eigenvalue weighted by molar-refractivity contribution is -0.384. The molecule has 0 aliphatic carbocycles. The molecule has 1 saturated heterocycles. The molecule has 6 heteroatoms. The maximum atomic E-state index is 10.6. The first-order valence-electron chi connectivity index (χ1n) is 5.47. The van der Waals surface area contributed by atoms with E-state index in [0.717, 1.165) is 31.6 Å². The molecule has 2 N–H and O–H groups in total. The third-order valence-electron chi connectivity index (χ3n) is 2.92. The number of benzene rings is 1. The molecule has 1 aromatic carbocycles. The molecule has 1 aromatic rings. The molecule has 2 rings (SSSR count). The number of hydrogen-bond donors (Lipinski definition) is 1. The number of nitro benzene ring substituents is 1. The third kappa shape index (κ3) is 2.94. The van der Waals surface area contributed by atoms with Gasteiger partial charge in [-0.25, -0.2) is 0 Å². The summed E-state index contributed by atoms with van der Waals surface area (Å²) < 4.78 is 0. The summed E-state index contributed by atoms with van der Waals surface area (Å²) in [7, 11) is 0. The summed E-state index contributed by atoms with van der Waals surface area (Å²) >= 11 is 5.85. The molecule has 0 spiro atoms. The molecule has 0 radical (unpaired) electrons. The zero-order chi connectivity index (χ0) is 12.4. The highest BCUT2D eigenvalue weighted by Gasteiger charge is 2.20. The first-order valence-corrected chi connectivity index (χ1v) is 5.85. The van der Waals surface area contributed by atoms with Crippen molar-refractivity contribution in [2.24, 2.45) is 5.73 Å². The highest BCUT2D eigenvalue weighted by molar-refractivity contribution is 6.32. The van der Waals surface area contributed by atoms with Gasteiger partial charge in [0.25, 0.3) is 5.69 Å². The van der Waals surface area contributed by atoms with Gasteiger partial charge in [0.1, 0.15) is 5.02 Å². The Hall–Kier alpha value is -1.17. The molecule has 1 heterocycles. The average Bonchev–Trinajstić information content (AvgIpc) is 2.63. The molecule has 92 valence electrons. The Balaban J connectivity index is 2.07. The predicted octanol–water partition coefficient (Wildman–Crippen LogP) is 1.78. The number of nitrogens with zero attached hydrogens (tertiary/aromatic N) is 2. The van der Waals surface area contributed by atoms with Crippen molar-refractivity contribution in [2.75, 3.05) is 13.1 Å². The van der Waals surface area contributed by atoms with Gasteiger partial charge in [0.2, 0.25) is 0 Å². The van der Waals surface area contributed by atoms with Crippen LogP contribution in [0.15, 0.2) is 18.2 Å². The van der Waals surface area contributed by atoms with Gasteiger partial charge in [0.05, 0.1) is 4.92 Å². The minimum absolute atomic E-state index is 0.0476. The molecule has 1 aliphatic heterocycles.